The van der Waals surface area contributed by atoms with Crippen LogP contribution in [-0.4, -0.2) is 50.8 Å². The van der Waals surface area contributed by atoms with E-state index in [0.717, 1.165) is 41.6 Å². The number of amidine groups is 1. The summed E-state index contributed by atoms with van der Waals surface area (Å²) in [6, 6.07) is 11.3. The molecule has 5 rings (SSSR count). The van der Waals surface area contributed by atoms with E-state index >= 15 is 0 Å². The lowest BCUT2D eigenvalue weighted by molar-refractivity contribution is -0.668. The Morgan fingerprint density at radius 3 is 2.79 bits per heavy atom. The molecule has 1 amide bonds. The summed E-state index contributed by atoms with van der Waals surface area (Å²) in [5.74, 6) is 3.01. The van der Waals surface area contributed by atoms with E-state index in [1.807, 2.05) is 66.2 Å². The summed E-state index contributed by atoms with van der Waals surface area (Å²) in [7, 11) is 3.93. The first-order chi connectivity index (χ1) is 16.1. The molecule has 0 saturated heterocycles. The number of pyridine rings is 1. The van der Waals surface area contributed by atoms with Gasteiger partial charge in [-0.2, -0.15) is 0 Å². The van der Waals surface area contributed by atoms with Gasteiger partial charge in [0.15, 0.2) is 6.21 Å². The summed E-state index contributed by atoms with van der Waals surface area (Å²) >= 11 is 0. The molecule has 0 unspecified atom stereocenters. The van der Waals surface area contributed by atoms with Gasteiger partial charge in [0.25, 0.3) is 11.7 Å². The maximum absolute atomic E-state index is 13.0. The fourth-order valence-electron chi connectivity index (χ4n) is 3.99. The van der Waals surface area contributed by atoms with Gasteiger partial charge < -0.3 is 10.6 Å². The normalized spacial score (nSPS) is 16.2. The molecule has 33 heavy (non-hydrogen) atoms. The topological polar surface area (TPSA) is 102 Å². The third-order valence-corrected chi connectivity index (χ3v) is 6.05. The molecule has 171 valence electrons. The zero-order valence-corrected chi connectivity index (χ0v) is 18.7. The van der Waals surface area contributed by atoms with Crippen LogP contribution >= 0.6 is 0 Å². The lowest BCUT2D eigenvalue weighted by atomic mass is 10.1. The lowest BCUT2D eigenvalue weighted by Gasteiger charge is -2.15. The second-order valence-electron chi connectivity index (χ2n) is 8.41. The minimum Gasteiger partial charge on any atom is -0.375 e. The van der Waals surface area contributed by atoms with E-state index in [1.165, 1.54) is 0 Å². The molecular formula is C24H31N8O+2. The molecule has 1 aliphatic heterocycles. The average Bonchev–Trinajstić information content (AvgIpc) is 3.50. The van der Waals surface area contributed by atoms with Crippen molar-refractivity contribution in [2.75, 3.05) is 12.4 Å². The van der Waals surface area contributed by atoms with Crippen molar-refractivity contribution in [3.05, 3.63) is 66.7 Å². The molecule has 1 fully saturated rings. The third-order valence-electron chi connectivity index (χ3n) is 6.05. The number of anilines is 1. The van der Waals surface area contributed by atoms with E-state index in [2.05, 4.69) is 30.8 Å². The van der Waals surface area contributed by atoms with Gasteiger partial charge in [0, 0.05) is 31.6 Å². The predicted molar refractivity (Wildman–Crippen MR) is 129 cm³/mol. The number of hydrogen-bond donors (Lipinski definition) is 3. The number of rotatable bonds is 8. The predicted octanol–water partition coefficient (Wildman–Crippen LogP) is 2.20. The lowest BCUT2D eigenvalue weighted by Crippen LogP contribution is -2.43. The highest BCUT2D eigenvalue weighted by Crippen LogP contribution is 2.34. The number of aliphatic imine (C=N–C) groups is 1. The second kappa shape index (κ2) is 8.93. The molecule has 1 radical (unpaired) electrons. The zero-order chi connectivity index (χ0) is 22.8. The van der Waals surface area contributed by atoms with Gasteiger partial charge in [0.05, 0.1) is 19.7 Å². The Bertz CT molecular complexity index is 1240. The Balaban J connectivity index is 0.00000171. The van der Waals surface area contributed by atoms with Crippen LogP contribution in [0.1, 0.15) is 31.9 Å². The van der Waals surface area contributed by atoms with Gasteiger partial charge in [0.1, 0.15) is 12.6 Å². The summed E-state index contributed by atoms with van der Waals surface area (Å²) in [5.41, 5.74) is 2.47. The van der Waals surface area contributed by atoms with Crippen LogP contribution in [0.4, 0.5) is 5.69 Å². The highest BCUT2D eigenvalue weighted by molar-refractivity contribution is 6.01. The summed E-state index contributed by atoms with van der Waals surface area (Å²) in [6.07, 6.45) is 7.50. The van der Waals surface area contributed by atoms with E-state index in [1.54, 1.807) is 18.6 Å². The fourth-order valence-corrected chi connectivity index (χ4v) is 3.99. The molecule has 0 bridgehead atoms. The largest absolute Gasteiger partial charge is 0.375 e. The average molecular weight is 448 g/mol. The van der Waals surface area contributed by atoms with Gasteiger partial charge in [-0.1, -0.05) is 11.1 Å². The molecule has 2 aliphatic rings. The van der Waals surface area contributed by atoms with Crippen molar-refractivity contribution in [2.24, 2.45) is 18.0 Å². The Morgan fingerprint density at radius 1 is 1.24 bits per heavy atom. The first-order valence-corrected chi connectivity index (χ1v) is 11.1. The van der Waals surface area contributed by atoms with Crippen LogP contribution in [0, 0.1) is 12.5 Å². The quantitative estimate of drug-likeness (QED) is 0.461. The molecule has 2 aromatic heterocycles. The maximum Gasteiger partial charge on any atom is 0.316 e. The van der Waals surface area contributed by atoms with Crippen LogP contribution in [0.3, 0.4) is 0 Å². The first kappa shape index (κ1) is 21.0. The van der Waals surface area contributed by atoms with Crippen LogP contribution in [-0.2, 0) is 13.6 Å². The molecule has 1 atom stereocenters. The molecule has 3 N–H and O–H groups in total. The summed E-state index contributed by atoms with van der Waals surface area (Å²) in [6.45, 7) is 2.45. The number of H-pyrrole nitrogens is 1. The van der Waals surface area contributed by atoms with E-state index in [9.17, 15) is 4.79 Å². The molecule has 3 aromatic rings. The summed E-state index contributed by atoms with van der Waals surface area (Å²) in [4.78, 5) is 21.5. The van der Waals surface area contributed by atoms with E-state index in [0.29, 0.717) is 18.0 Å². The number of benzene rings is 1. The second-order valence-corrected chi connectivity index (χ2v) is 8.41. The molecule has 1 saturated carbocycles. The van der Waals surface area contributed by atoms with Crippen LogP contribution in [0.2, 0.25) is 0 Å². The number of amides is 1. The Kier molecular flexibility index (Phi) is 5.68. The van der Waals surface area contributed by atoms with Gasteiger partial charge in [-0.25, -0.2) is 9.14 Å². The Morgan fingerprint density at radius 2 is 2.06 bits per heavy atom. The fraction of sp³-hybridized carbons (Fsp3) is 0.292. The highest BCUT2D eigenvalue weighted by atomic mass is 16.1. The van der Waals surface area contributed by atoms with Gasteiger partial charge in [-0.3, -0.25) is 9.78 Å². The van der Waals surface area contributed by atoms with Crippen molar-refractivity contribution in [3.8, 4) is 11.4 Å². The maximum atomic E-state index is 13.0. The standard InChI is InChI=1S/C24H26N8O.2H2/c1-31-13-12-26-23(31)21(16-6-7-16)28-24(33)18-4-3-5-19(14-18)27-15-20-29-30-22(32(20)2)17-8-10-25-11-9-17;;/h3-5,8-14,16,21,27H,6-7,15H2,1-2H3,(H,28,33);2*1H/q+1;;/p+1/t21-;;/m1../s1. The SMILES string of the molecule is C[N+]1=C([C@H](NC(=O)c2cccc(NCc3[nH]nc(-c4ccncc4)[n+]3C)c2)C2CC2)N=C[CH]1.[HH].[HH]. The molecule has 0 spiro atoms. The molecule has 9 nitrogen and oxygen atoms in total. The van der Waals surface area contributed by atoms with Crippen molar-refractivity contribution in [2.45, 2.75) is 25.4 Å². The minimum atomic E-state index is -0.0920. The monoisotopic (exact) mass is 447 g/mol. The van der Waals surface area contributed by atoms with Crippen LogP contribution in [0.25, 0.3) is 11.4 Å². The van der Waals surface area contributed by atoms with E-state index in [-0.39, 0.29) is 14.8 Å². The van der Waals surface area contributed by atoms with Crippen molar-refractivity contribution in [3.63, 3.8) is 0 Å². The van der Waals surface area contributed by atoms with Crippen LogP contribution in [0.15, 0.2) is 53.8 Å². The van der Waals surface area contributed by atoms with Gasteiger partial charge in [0.2, 0.25) is 6.54 Å². The van der Waals surface area contributed by atoms with Crippen molar-refractivity contribution < 1.29 is 16.8 Å². The molecule has 1 aliphatic carbocycles. The first-order valence-electron chi connectivity index (χ1n) is 11.1. The van der Waals surface area contributed by atoms with Crippen molar-refractivity contribution >= 4 is 23.6 Å². The molecule has 9 heteroatoms. The number of nitrogens with one attached hydrogen (secondary N) is 3. The van der Waals surface area contributed by atoms with Gasteiger partial charge in [-0.05, 0) is 49.1 Å². The number of aromatic nitrogens is 4. The smallest absolute Gasteiger partial charge is 0.316 e. The summed E-state index contributed by atoms with van der Waals surface area (Å²) in [5, 5.41) is 14.1. The van der Waals surface area contributed by atoms with Gasteiger partial charge in [-0.15, -0.1) is 5.10 Å². The number of nitrogens with zero attached hydrogens (tertiary/aromatic N) is 5. The number of hydrogen-bond acceptors (Lipinski definition) is 5. The Hall–Kier alpha value is -3.88. The van der Waals surface area contributed by atoms with Gasteiger partial charge >= 0.3 is 11.7 Å². The molecule has 1 aromatic carbocycles. The third kappa shape index (κ3) is 4.52. The zero-order valence-electron chi connectivity index (χ0n) is 18.7. The van der Waals surface area contributed by atoms with Crippen LogP contribution < -0.4 is 15.2 Å². The van der Waals surface area contributed by atoms with E-state index < -0.39 is 0 Å². The molecule has 3 heterocycles. The number of carbonyl (C=O) groups excluding carboxylic acids is 1. The highest BCUT2D eigenvalue weighted by Gasteiger charge is 2.41. The van der Waals surface area contributed by atoms with E-state index in [4.69, 9.17) is 0 Å². The molecular weight excluding hydrogens is 416 g/mol. The Labute approximate surface area is 195 Å². The minimum absolute atomic E-state index is 0. The van der Waals surface area contributed by atoms with Crippen molar-refractivity contribution in [1.29, 1.82) is 0 Å². The summed E-state index contributed by atoms with van der Waals surface area (Å²) < 4.78 is 3.98. The number of aromatic amines is 1. The number of carbonyl (C=O) groups is 1. The van der Waals surface area contributed by atoms with Crippen LogP contribution in [0.5, 0.6) is 0 Å². The van der Waals surface area contributed by atoms with Crippen molar-refractivity contribution in [1.82, 2.24) is 20.5 Å².